The highest BCUT2D eigenvalue weighted by atomic mass is 79.9. The number of halogens is 3. The standard InChI is InChI=1S/C20H23BrF2N2O3/c1-28-12-20(27)25-18(8-14-6-16(22)9-17(23)7-14)19(26)11-24-10-13-3-2-4-15(21)5-13/h2-7,9,18-19,24,26H,8,10-12H2,1H3,(H,25,27)/t18-,19-/m0/s1. The minimum absolute atomic E-state index is 0.0733. The number of hydrogen-bond donors (Lipinski definition) is 3. The predicted octanol–water partition coefficient (Wildman–Crippen LogP) is 2.55. The summed E-state index contributed by atoms with van der Waals surface area (Å²) in [5.41, 5.74) is 1.36. The van der Waals surface area contributed by atoms with Crippen molar-refractivity contribution in [2.45, 2.75) is 25.1 Å². The first-order chi connectivity index (χ1) is 13.4. The smallest absolute Gasteiger partial charge is 0.246 e. The van der Waals surface area contributed by atoms with E-state index in [0.29, 0.717) is 12.1 Å². The number of methoxy groups -OCH3 is 1. The number of carbonyl (C=O) groups excluding carboxylic acids is 1. The van der Waals surface area contributed by atoms with Gasteiger partial charge in [0.1, 0.15) is 18.2 Å². The number of amides is 1. The van der Waals surface area contributed by atoms with Gasteiger partial charge in [0.15, 0.2) is 0 Å². The molecule has 28 heavy (non-hydrogen) atoms. The number of ether oxygens (including phenoxy) is 1. The van der Waals surface area contributed by atoms with E-state index in [-0.39, 0.29) is 19.6 Å². The maximum absolute atomic E-state index is 13.5. The van der Waals surface area contributed by atoms with E-state index < -0.39 is 29.7 Å². The maximum atomic E-state index is 13.5. The lowest BCUT2D eigenvalue weighted by atomic mass is 10.0. The Morgan fingerprint density at radius 1 is 1.18 bits per heavy atom. The Kier molecular flexibility index (Phi) is 8.98. The molecule has 0 heterocycles. The lowest BCUT2D eigenvalue weighted by Crippen LogP contribution is -2.49. The Balaban J connectivity index is 2.00. The number of rotatable bonds is 10. The van der Waals surface area contributed by atoms with Crippen LogP contribution >= 0.6 is 15.9 Å². The summed E-state index contributed by atoms with van der Waals surface area (Å²) < 4.78 is 32.7. The topological polar surface area (TPSA) is 70.6 Å². The average molecular weight is 457 g/mol. The summed E-state index contributed by atoms with van der Waals surface area (Å²) in [4.78, 5) is 11.9. The van der Waals surface area contributed by atoms with Crippen molar-refractivity contribution in [1.29, 1.82) is 0 Å². The van der Waals surface area contributed by atoms with Crippen molar-refractivity contribution >= 4 is 21.8 Å². The summed E-state index contributed by atoms with van der Waals surface area (Å²) in [7, 11) is 1.38. The van der Waals surface area contributed by atoms with Crippen molar-refractivity contribution in [3.63, 3.8) is 0 Å². The fourth-order valence-corrected chi connectivity index (χ4v) is 3.25. The zero-order valence-electron chi connectivity index (χ0n) is 15.4. The van der Waals surface area contributed by atoms with Crippen molar-refractivity contribution in [1.82, 2.24) is 10.6 Å². The summed E-state index contributed by atoms with van der Waals surface area (Å²) in [5, 5.41) is 16.3. The van der Waals surface area contributed by atoms with Gasteiger partial charge in [0.2, 0.25) is 5.91 Å². The highest BCUT2D eigenvalue weighted by Crippen LogP contribution is 2.13. The molecular formula is C20H23BrF2N2O3. The first-order valence-corrected chi connectivity index (χ1v) is 9.53. The molecule has 0 aliphatic heterocycles. The normalized spacial score (nSPS) is 13.2. The van der Waals surface area contributed by atoms with E-state index in [1.807, 2.05) is 24.3 Å². The Bertz CT molecular complexity index is 772. The molecule has 0 saturated heterocycles. The van der Waals surface area contributed by atoms with Crippen LogP contribution in [0, 0.1) is 11.6 Å². The number of carbonyl (C=O) groups is 1. The van der Waals surface area contributed by atoms with Crippen molar-refractivity contribution in [2.24, 2.45) is 0 Å². The highest BCUT2D eigenvalue weighted by Gasteiger charge is 2.22. The Labute approximate surface area is 171 Å². The molecule has 5 nitrogen and oxygen atoms in total. The van der Waals surface area contributed by atoms with E-state index in [1.165, 1.54) is 19.2 Å². The van der Waals surface area contributed by atoms with E-state index in [4.69, 9.17) is 4.74 Å². The Morgan fingerprint density at radius 2 is 1.89 bits per heavy atom. The molecule has 0 aliphatic carbocycles. The van der Waals surface area contributed by atoms with Crippen molar-refractivity contribution in [2.75, 3.05) is 20.3 Å². The highest BCUT2D eigenvalue weighted by molar-refractivity contribution is 9.10. The molecule has 0 radical (unpaired) electrons. The molecule has 2 atom stereocenters. The summed E-state index contributed by atoms with van der Waals surface area (Å²) >= 11 is 3.40. The van der Waals surface area contributed by atoms with E-state index in [9.17, 15) is 18.7 Å². The number of nitrogens with one attached hydrogen (secondary N) is 2. The number of hydrogen-bond acceptors (Lipinski definition) is 4. The van der Waals surface area contributed by atoms with Crippen LogP contribution in [-0.2, 0) is 22.5 Å². The van der Waals surface area contributed by atoms with Gasteiger partial charge in [-0.3, -0.25) is 4.79 Å². The monoisotopic (exact) mass is 456 g/mol. The summed E-state index contributed by atoms with van der Waals surface area (Å²) in [5.74, 6) is -1.84. The molecule has 8 heteroatoms. The third-order valence-corrected chi connectivity index (χ3v) is 4.53. The Hall–Kier alpha value is -1.87. The fraction of sp³-hybridized carbons (Fsp3) is 0.350. The molecule has 2 rings (SSSR count). The molecule has 2 aromatic rings. The summed E-state index contributed by atoms with van der Waals surface area (Å²) in [6.45, 7) is 0.526. The van der Waals surface area contributed by atoms with E-state index in [1.54, 1.807) is 0 Å². The SMILES string of the molecule is COCC(=O)N[C@@H](Cc1cc(F)cc(F)c1)[C@@H](O)CNCc1cccc(Br)c1. The van der Waals surface area contributed by atoms with Gasteiger partial charge in [-0.2, -0.15) is 0 Å². The molecule has 0 aromatic heterocycles. The van der Waals surface area contributed by atoms with E-state index in [0.717, 1.165) is 16.1 Å². The molecule has 0 spiro atoms. The molecule has 0 fully saturated rings. The van der Waals surface area contributed by atoms with Crippen LogP contribution in [0.3, 0.4) is 0 Å². The van der Waals surface area contributed by atoms with Crippen LogP contribution in [0.1, 0.15) is 11.1 Å². The van der Waals surface area contributed by atoms with Crippen LogP contribution in [0.15, 0.2) is 46.9 Å². The average Bonchev–Trinajstić information content (AvgIpc) is 2.60. The molecule has 0 bridgehead atoms. The van der Waals surface area contributed by atoms with Gasteiger partial charge in [-0.05, 0) is 41.8 Å². The third-order valence-electron chi connectivity index (χ3n) is 4.04. The minimum Gasteiger partial charge on any atom is -0.390 e. The van der Waals surface area contributed by atoms with Gasteiger partial charge in [0.25, 0.3) is 0 Å². The molecular weight excluding hydrogens is 434 g/mol. The van der Waals surface area contributed by atoms with Gasteiger partial charge in [-0.15, -0.1) is 0 Å². The lowest BCUT2D eigenvalue weighted by molar-refractivity contribution is -0.126. The molecule has 1 amide bonds. The van der Waals surface area contributed by atoms with Gasteiger partial charge in [-0.1, -0.05) is 28.1 Å². The van der Waals surface area contributed by atoms with E-state index in [2.05, 4.69) is 26.6 Å². The fourth-order valence-electron chi connectivity index (χ4n) is 2.80. The van der Waals surface area contributed by atoms with Crippen molar-refractivity contribution < 1.29 is 23.4 Å². The largest absolute Gasteiger partial charge is 0.390 e. The second-order valence-corrected chi connectivity index (χ2v) is 7.33. The van der Waals surface area contributed by atoms with Gasteiger partial charge < -0.3 is 20.5 Å². The first kappa shape index (κ1) is 22.4. The Morgan fingerprint density at radius 3 is 2.54 bits per heavy atom. The lowest BCUT2D eigenvalue weighted by Gasteiger charge is -2.25. The van der Waals surface area contributed by atoms with Crippen LogP contribution in [0.4, 0.5) is 8.78 Å². The minimum atomic E-state index is -0.973. The third kappa shape index (κ3) is 7.63. The molecule has 0 saturated carbocycles. The maximum Gasteiger partial charge on any atom is 0.246 e. The van der Waals surface area contributed by atoms with E-state index >= 15 is 0 Å². The first-order valence-electron chi connectivity index (χ1n) is 8.74. The van der Waals surface area contributed by atoms with Crippen LogP contribution in [-0.4, -0.2) is 43.4 Å². The van der Waals surface area contributed by atoms with Gasteiger partial charge >= 0.3 is 0 Å². The molecule has 0 unspecified atom stereocenters. The molecule has 152 valence electrons. The summed E-state index contributed by atoms with van der Waals surface area (Å²) in [6, 6.07) is 10.1. The number of aliphatic hydroxyl groups is 1. The van der Waals surface area contributed by atoms with Crippen LogP contribution < -0.4 is 10.6 Å². The van der Waals surface area contributed by atoms with Gasteiger partial charge in [0, 0.05) is 30.7 Å². The second kappa shape index (κ2) is 11.2. The van der Waals surface area contributed by atoms with Gasteiger partial charge in [-0.25, -0.2) is 8.78 Å². The van der Waals surface area contributed by atoms with Crippen LogP contribution in [0.25, 0.3) is 0 Å². The number of benzene rings is 2. The van der Waals surface area contributed by atoms with Gasteiger partial charge in [0.05, 0.1) is 12.1 Å². The number of aliphatic hydroxyl groups excluding tert-OH is 1. The second-order valence-electron chi connectivity index (χ2n) is 6.42. The quantitative estimate of drug-likeness (QED) is 0.513. The zero-order chi connectivity index (χ0) is 20.5. The van der Waals surface area contributed by atoms with Crippen LogP contribution in [0.5, 0.6) is 0 Å². The van der Waals surface area contributed by atoms with Crippen molar-refractivity contribution in [3.05, 3.63) is 69.7 Å². The van der Waals surface area contributed by atoms with Crippen LogP contribution in [0.2, 0.25) is 0 Å². The molecule has 3 N–H and O–H groups in total. The molecule has 0 aliphatic rings. The summed E-state index contributed by atoms with van der Waals surface area (Å²) in [6.07, 6.45) is -0.900. The molecule has 2 aromatic carbocycles. The zero-order valence-corrected chi connectivity index (χ0v) is 17.0. The van der Waals surface area contributed by atoms with Crippen molar-refractivity contribution in [3.8, 4) is 0 Å². The predicted molar refractivity (Wildman–Crippen MR) is 106 cm³/mol.